The lowest BCUT2D eigenvalue weighted by Crippen LogP contribution is -2.17. The molecule has 3 N–H and O–H groups in total. The lowest BCUT2D eigenvalue weighted by molar-refractivity contribution is 0.101. The van der Waals surface area contributed by atoms with E-state index in [0.717, 1.165) is 10.0 Å². The van der Waals surface area contributed by atoms with E-state index in [0.29, 0.717) is 17.1 Å². The number of aromatic nitrogens is 2. The Morgan fingerprint density at radius 3 is 2.78 bits per heavy atom. The van der Waals surface area contributed by atoms with Gasteiger partial charge in [-0.2, -0.15) is 5.10 Å². The summed E-state index contributed by atoms with van der Waals surface area (Å²) in [6.07, 6.45) is 1.46. The van der Waals surface area contributed by atoms with Gasteiger partial charge in [-0.1, -0.05) is 6.07 Å². The van der Waals surface area contributed by atoms with Crippen molar-refractivity contribution in [2.24, 2.45) is 7.05 Å². The highest BCUT2D eigenvalue weighted by atomic mass is 79.9. The van der Waals surface area contributed by atoms with Crippen LogP contribution in [0.4, 0.5) is 11.4 Å². The summed E-state index contributed by atoms with van der Waals surface area (Å²) in [5, 5.41) is 6.73. The van der Waals surface area contributed by atoms with E-state index in [1.54, 1.807) is 7.05 Å². The molecule has 0 fully saturated rings. The zero-order chi connectivity index (χ0) is 13.3. The van der Waals surface area contributed by atoms with Gasteiger partial charge in [0, 0.05) is 11.5 Å². The van der Waals surface area contributed by atoms with Crippen molar-refractivity contribution < 1.29 is 4.79 Å². The van der Waals surface area contributed by atoms with Crippen LogP contribution in [0.2, 0.25) is 0 Å². The van der Waals surface area contributed by atoms with E-state index < -0.39 is 0 Å². The first kappa shape index (κ1) is 12.6. The first-order valence-electron chi connectivity index (χ1n) is 5.34. The van der Waals surface area contributed by atoms with Crippen molar-refractivity contribution >= 4 is 33.2 Å². The number of nitrogen functional groups attached to an aromatic ring is 1. The highest BCUT2D eigenvalue weighted by Gasteiger charge is 2.15. The SMILES string of the molecule is Cc1ccc(NC(=O)c2c(N)cnn2C)c(Br)c1. The maximum Gasteiger partial charge on any atom is 0.276 e. The lowest BCUT2D eigenvalue weighted by atomic mass is 10.2. The molecule has 1 aromatic carbocycles. The molecule has 0 bridgehead atoms. The van der Waals surface area contributed by atoms with Crippen molar-refractivity contribution in [3.05, 3.63) is 40.1 Å². The zero-order valence-corrected chi connectivity index (χ0v) is 11.7. The topological polar surface area (TPSA) is 72.9 Å². The zero-order valence-electron chi connectivity index (χ0n) is 10.1. The Hall–Kier alpha value is -1.82. The van der Waals surface area contributed by atoms with E-state index >= 15 is 0 Å². The van der Waals surface area contributed by atoms with Crippen LogP contribution in [-0.4, -0.2) is 15.7 Å². The standard InChI is InChI=1S/C12H13BrN4O/c1-7-3-4-10(8(13)5-7)16-12(18)11-9(14)6-15-17(11)2/h3-6H,14H2,1-2H3,(H,16,18). The van der Waals surface area contributed by atoms with Gasteiger partial charge in [-0.05, 0) is 40.5 Å². The van der Waals surface area contributed by atoms with E-state index in [2.05, 4.69) is 26.3 Å². The summed E-state index contributed by atoms with van der Waals surface area (Å²) in [6, 6.07) is 5.69. The predicted octanol–water partition coefficient (Wildman–Crippen LogP) is 2.33. The van der Waals surface area contributed by atoms with Crippen LogP contribution in [-0.2, 0) is 7.05 Å². The van der Waals surface area contributed by atoms with Crippen LogP contribution < -0.4 is 11.1 Å². The van der Waals surface area contributed by atoms with Gasteiger partial charge in [0.25, 0.3) is 5.91 Å². The smallest absolute Gasteiger partial charge is 0.276 e. The number of nitrogens with one attached hydrogen (secondary N) is 1. The van der Waals surface area contributed by atoms with Gasteiger partial charge in [0.05, 0.1) is 17.6 Å². The summed E-state index contributed by atoms with van der Waals surface area (Å²) in [5.41, 5.74) is 8.22. The number of carbonyl (C=O) groups is 1. The van der Waals surface area contributed by atoms with E-state index in [9.17, 15) is 4.79 Å². The number of hydrogen-bond donors (Lipinski definition) is 2. The second-order valence-electron chi connectivity index (χ2n) is 4.01. The number of nitrogens with zero attached hydrogens (tertiary/aromatic N) is 2. The average molecular weight is 309 g/mol. The molecule has 0 unspecified atom stereocenters. The number of rotatable bonds is 2. The van der Waals surface area contributed by atoms with Gasteiger partial charge in [-0.3, -0.25) is 9.48 Å². The molecule has 0 saturated carbocycles. The molecule has 0 atom stereocenters. The molecular formula is C12H13BrN4O. The Morgan fingerprint density at radius 2 is 2.22 bits per heavy atom. The summed E-state index contributed by atoms with van der Waals surface area (Å²) in [4.78, 5) is 12.1. The molecule has 0 aliphatic carbocycles. The first-order chi connectivity index (χ1) is 8.49. The Kier molecular flexibility index (Phi) is 3.38. The van der Waals surface area contributed by atoms with Gasteiger partial charge in [0.15, 0.2) is 0 Å². The number of carbonyl (C=O) groups excluding carboxylic acids is 1. The molecular weight excluding hydrogens is 296 g/mol. The molecule has 6 heteroatoms. The molecule has 0 saturated heterocycles. The minimum atomic E-state index is -0.281. The van der Waals surface area contributed by atoms with Crippen molar-refractivity contribution in [2.45, 2.75) is 6.92 Å². The molecule has 94 valence electrons. The fourth-order valence-corrected chi connectivity index (χ4v) is 2.23. The number of amides is 1. The van der Waals surface area contributed by atoms with Crippen LogP contribution >= 0.6 is 15.9 Å². The van der Waals surface area contributed by atoms with E-state index in [4.69, 9.17) is 5.73 Å². The molecule has 2 rings (SSSR count). The van der Waals surface area contributed by atoms with Crippen LogP contribution in [0.5, 0.6) is 0 Å². The van der Waals surface area contributed by atoms with Crippen LogP contribution in [0.25, 0.3) is 0 Å². The highest BCUT2D eigenvalue weighted by molar-refractivity contribution is 9.10. The third kappa shape index (κ3) is 2.38. The van der Waals surface area contributed by atoms with Gasteiger partial charge >= 0.3 is 0 Å². The average Bonchev–Trinajstić information content (AvgIpc) is 2.62. The van der Waals surface area contributed by atoms with Crippen LogP contribution in [0, 0.1) is 6.92 Å². The number of aryl methyl sites for hydroxylation is 2. The van der Waals surface area contributed by atoms with Crippen molar-refractivity contribution in [3.8, 4) is 0 Å². The maximum absolute atomic E-state index is 12.1. The van der Waals surface area contributed by atoms with Crippen molar-refractivity contribution in [1.82, 2.24) is 9.78 Å². The van der Waals surface area contributed by atoms with Gasteiger partial charge < -0.3 is 11.1 Å². The summed E-state index contributed by atoms with van der Waals surface area (Å²) >= 11 is 3.41. The Balaban J connectivity index is 2.27. The molecule has 0 aliphatic heterocycles. The Morgan fingerprint density at radius 1 is 1.50 bits per heavy atom. The van der Waals surface area contributed by atoms with Gasteiger partial charge in [0.1, 0.15) is 5.69 Å². The summed E-state index contributed by atoms with van der Waals surface area (Å²) < 4.78 is 2.28. The molecule has 1 amide bonds. The molecule has 0 spiro atoms. The second kappa shape index (κ2) is 4.81. The highest BCUT2D eigenvalue weighted by Crippen LogP contribution is 2.24. The number of benzene rings is 1. The molecule has 0 radical (unpaired) electrons. The molecule has 18 heavy (non-hydrogen) atoms. The van der Waals surface area contributed by atoms with E-state index in [1.165, 1.54) is 10.9 Å². The van der Waals surface area contributed by atoms with Crippen molar-refractivity contribution in [1.29, 1.82) is 0 Å². The molecule has 1 aromatic heterocycles. The van der Waals surface area contributed by atoms with E-state index in [1.807, 2.05) is 25.1 Å². The quantitative estimate of drug-likeness (QED) is 0.894. The van der Waals surface area contributed by atoms with Crippen molar-refractivity contribution in [2.75, 3.05) is 11.1 Å². The third-order valence-electron chi connectivity index (χ3n) is 2.55. The van der Waals surface area contributed by atoms with Crippen LogP contribution in [0.1, 0.15) is 16.1 Å². The van der Waals surface area contributed by atoms with Crippen LogP contribution in [0.15, 0.2) is 28.9 Å². The van der Waals surface area contributed by atoms with Gasteiger partial charge in [0.2, 0.25) is 0 Å². The Labute approximate surface area is 113 Å². The second-order valence-corrected chi connectivity index (χ2v) is 4.86. The fourth-order valence-electron chi connectivity index (χ4n) is 1.64. The summed E-state index contributed by atoms with van der Waals surface area (Å²) in [5.74, 6) is -0.281. The molecule has 2 aromatic rings. The molecule has 1 heterocycles. The lowest BCUT2D eigenvalue weighted by Gasteiger charge is -2.08. The minimum absolute atomic E-state index is 0.281. The number of hydrogen-bond acceptors (Lipinski definition) is 3. The van der Waals surface area contributed by atoms with Gasteiger partial charge in [-0.15, -0.1) is 0 Å². The molecule has 5 nitrogen and oxygen atoms in total. The third-order valence-corrected chi connectivity index (χ3v) is 3.21. The fraction of sp³-hybridized carbons (Fsp3) is 0.167. The van der Waals surface area contributed by atoms with Crippen molar-refractivity contribution in [3.63, 3.8) is 0 Å². The number of anilines is 2. The largest absolute Gasteiger partial charge is 0.396 e. The minimum Gasteiger partial charge on any atom is -0.396 e. The molecule has 0 aliphatic rings. The summed E-state index contributed by atoms with van der Waals surface area (Å²) in [7, 11) is 1.68. The summed E-state index contributed by atoms with van der Waals surface area (Å²) in [6.45, 7) is 1.98. The van der Waals surface area contributed by atoms with Crippen LogP contribution in [0.3, 0.4) is 0 Å². The maximum atomic E-state index is 12.1. The first-order valence-corrected chi connectivity index (χ1v) is 6.13. The monoisotopic (exact) mass is 308 g/mol. The Bertz CT molecular complexity index is 587. The van der Waals surface area contributed by atoms with E-state index in [-0.39, 0.29) is 5.91 Å². The number of nitrogens with two attached hydrogens (primary N) is 1. The van der Waals surface area contributed by atoms with Gasteiger partial charge in [-0.25, -0.2) is 0 Å². The predicted molar refractivity (Wildman–Crippen MR) is 74.5 cm³/mol. The number of halogens is 1. The normalized spacial score (nSPS) is 10.4.